The third kappa shape index (κ3) is 2.61. The van der Waals surface area contributed by atoms with E-state index in [0.29, 0.717) is 6.04 Å². The highest BCUT2D eigenvalue weighted by Gasteiger charge is 2.26. The number of rotatable bonds is 5. The molecule has 1 heterocycles. The molecule has 1 aromatic rings. The van der Waals surface area contributed by atoms with Gasteiger partial charge in [0.25, 0.3) is 0 Å². The van der Waals surface area contributed by atoms with Gasteiger partial charge in [-0.15, -0.1) is 11.6 Å². The summed E-state index contributed by atoms with van der Waals surface area (Å²) in [5.41, 5.74) is 0. The summed E-state index contributed by atoms with van der Waals surface area (Å²) >= 11 is 7.25. The highest BCUT2D eigenvalue weighted by molar-refractivity contribution is 7.09. The maximum Gasteiger partial charge on any atom is 0.205 e. The molecule has 84 valence electrons. The number of aromatic nitrogens is 2. The van der Waals surface area contributed by atoms with Crippen molar-refractivity contribution in [3.63, 3.8) is 0 Å². The second-order valence-electron chi connectivity index (χ2n) is 3.94. The van der Waals surface area contributed by atoms with Gasteiger partial charge in [0.05, 0.1) is 0 Å². The predicted molar refractivity (Wildman–Crippen MR) is 65.0 cm³/mol. The lowest BCUT2D eigenvalue weighted by atomic mass is 9.92. The minimum Gasteiger partial charge on any atom is -0.344 e. The van der Waals surface area contributed by atoms with Gasteiger partial charge < -0.3 is 4.90 Å². The quantitative estimate of drug-likeness (QED) is 0.747. The molecule has 0 saturated heterocycles. The van der Waals surface area contributed by atoms with Gasteiger partial charge in [0.1, 0.15) is 5.82 Å². The predicted octanol–water partition coefficient (Wildman–Crippen LogP) is 2.83. The van der Waals surface area contributed by atoms with Crippen molar-refractivity contribution in [1.29, 1.82) is 0 Å². The standard InChI is InChI=1S/C10H16ClN3S/c1-8-12-10(15-13-8)14(7-3-6-11)9-4-2-5-9/h9H,2-7H2,1H3. The molecule has 1 fully saturated rings. The van der Waals surface area contributed by atoms with Gasteiger partial charge in [-0.25, -0.2) is 4.98 Å². The van der Waals surface area contributed by atoms with Crippen molar-refractivity contribution in [2.75, 3.05) is 17.3 Å². The molecule has 0 spiro atoms. The Bertz CT molecular complexity index is 311. The Kier molecular flexibility index (Phi) is 3.81. The van der Waals surface area contributed by atoms with Crippen LogP contribution in [0, 0.1) is 6.92 Å². The fourth-order valence-electron chi connectivity index (χ4n) is 1.77. The fourth-order valence-corrected chi connectivity index (χ4v) is 2.66. The Labute approximate surface area is 99.6 Å². The van der Waals surface area contributed by atoms with E-state index in [1.165, 1.54) is 30.8 Å². The van der Waals surface area contributed by atoms with Gasteiger partial charge in [0.15, 0.2) is 0 Å². The zero-order chi connectivity index (χ0) is 10.7. The van der Waals surface area contributed by atoms with Crippen LogP contribution in [-0.4, -0.2) is 27.8 Å². The molecule has 15 heavy (non-hydrogen) atoms. The van der Waals surface area contributed by atoms with E-state index in [9.17, 15) is 0 Å². The van der Waals surface area contributed by atoms with Gasteiger partial charge in [-0.3, -0.25) is 0 Å². The lowest BCUT2D eigenvalue weighted by Crippen LogP contribution is -2.41. The summed E-state index contributed by atoms with van der Waals surface area (Å²) in [6.07, 6.45) is 4.96. The molecule has 2 rings (SSSR count). The van der Waals surface area contributed by atoms with Crippen LogP contribution in [0.15, 0.2) is 0 Å². The van der Waals surface area contributed by atoms with Gasteiger partial charge in [-0.05, 0) is 32.6 Å². The van der Waals surface area contributed by atoms with Crippen LogP contribution in [-0.2, 0) is 0 Å². The maximum atomic E-state index is 5.74. The molecule has 5 heteroatoms. The van der Waals surface area contributed by atoms with Crippen molar-refractivity contribution >= 4 is 28.3 Å². The Balaban J connectivity index is 2.03. The molecule has 1 saturated carbocycles. The van der Waals surface area contributed by atoms with Crippen LogP contribution < -0.4 is 4.90 Å². The number of aryl methyl sites for hydroxylation is 1. The molecule has 1 aliphatic carbocycles. The second kappa shape index (κ2) is 5.12. The van der Waals surface area contributed by atoms with Gasteiger partial charge in [0.2, 0.25) is 5.13 Å². The van der Waals surface area contributed by atoms with Crippen LogP contribution in [0.3, 0.4) is 0 Å². The first-order valence-corrected chi connectivity index (χ1v) is 6.75. The average molecular weight is 246 g/mol. The molecule has 0 amide bonds. The molecule has 0 aliphatic heterocycles. The van der Waals surface area contributed by atoms with Gasteiger partial charge in [-0.2, -0.15) is 4.37 Å². The fraction of sp³-hybridized carbons (Fsp3) is 0.800. The molecular weight excluding hydrogens is 230 g/mol. The molecule has 0 atom stereocenters. The number of hydrogen-bond acceptors (Lipinski definition) is 4. The molecular formula is C10H16ClN3S. The van der Waals surface area contributed by atoms with Crippen molar-refractivity contribution in [3.05, 3.63) is 5.82 Å². The van der Waals surface area contributed by atoms with Gasteiger partial charge in [0, 0.05) is 30.0 Å². The summed E-state index contributed by atoms with van der Waals surface area (Å²) in [7, 11) is 0. The van der Waals surface area contributed by atoms with E-state index in [1.807, 2.05) is 6.92 Å². The van der Waals surface area contributed by atoms with Crippen LogP contribution in [0.4, 0.5) is 5.13 Å². The lowest BCUT2D eigenvalue weighted by molar-refractivity contribution is 0.385. The first-order chi connectivity index (χ1) is 7.31. The third-order valence-corrected chi connectivity index (χ3v) is 3.92. The topological polar surface area (TPSA) is 29.0 Å². The molecule has 0 unspecified atom stereocenters. The summed E-state index contributed by atoms with van der Waals surface area (Å²) in [6.45, 7) is 2.96. The van der Waals surface area contributed by atoms with Crippen LogP contribution in [0.25, 0.3) is 0 Å². The minimum absolute atomic E-state index is 0.681. The van der Waals surface area contributed by atoms with E-state index in [2.05, 4.69) is 14.3 Å². The Morgan fingerprint density at radius 3 is 2.80 bits per heavy atom. The second-order valence-corrected chi connectivity index (χ2v) is 5.05. The highest BCUT2D eigenvalue weighted by atomic mass is 35.5. The Morgan fingerprint density at radius 2 is 2.33 bits per heavy atom. The number of anilines is 1. The number of halogens is 1. The lowest BCUT2D eigenvalue weighted by Gasteiger charge is -2.37. The number of nitrogens with zero attached hydrogens (tertiary/aromatic N) is 3. The minimum atomic E-state index is 0.681. The Morgan fingerprint density at radius 1 is 1.53 bits per heavy atom. The maximum absolute atomic E-state index is 5.74. The Hall–Kier alpha value is -0.350. The van der Waals surface area contributed by atoms with Crippen molar-refractivity contribution in [3.8, 4) is 0 Å². The van der Waals surface area contributed by atoms with E-state index in [-0.39, 0.29) is 0 Å². The summed E-state index contributed by atoms with van der Waals surface area (Å²) in [5, 5.41) is 1.07. The zero-order valence-electron chi connectivity index (χ0n) is 8.95. The zero-order valence-corrected chi connectivity index (χ0v) is 10.5. The molecule has 3 nitrogen and oxygen atoms in total. The largest absolute Gasteiger partial charge is 0.344 e. The van der Waals surface area contributed by atoms with Crippen LogP contribution in [0.1, 0.15) is 31.5 Å². The van der Waals surface area contributed by atoms with Crippen molar-refractivity contribution in [2.45, 2.75) is 38.6 Å². The highest BCUT2D eigenvalue weighted by Crippen LogP contribution is 2.30. The van der Waals surface area contributed by atoms with Gasteiger partial charge >= 0.3 is 0 Å². The van der Waals surface area contributed by atoms with E-state index in [1.54, 1.807) is 0 Å². The molecule has 0 aromatic carbocycles. The number of alkyl halides is 1. The molecule has 0 radical (unpaired) electrons. The van der Waals surface area contributed by atoms with Crippen LogP contribution >= 0.6 is 23.1 Å². The van der Waals surface area contributed by atoms with E-state index in [0.717, 1.165) is 29.8 Å². The van der Waals surface area contributed by atoms with Gasteiger partial charge in [-0.1, -0.05) is 0 Å². The van der Waals surface area contributed by atoms with Crippen LogP contribution in [0.2, 0.25) is 0 Å². The first kappa shape index (κ1) is 11.1. The summed E-state index contributed by atoms with van der Waals surface area (Å²) in [4.78, 5) is 6.84. The van der Waals surface area contributed by atoms with Crippen LogP contribution in [0.5, 0.6) is 0 Å². The number of hydrogen-bond donors (Lipinski definition) is 0. The van der Waals surface area contributed by atoms with Crippen molar-refractivity contribution in [2.24, 2.45) is 0 Å². The first-order valence-electron chi connectivity index (χ1n) is 5.44. The molecule has 0 bridgehead atoms. The van der Waals surface area contributed by atoms with E-state index < -0.39 is 0 Å². The summed E-state index contributed by atoms with van der Waals surface area (Å²) < 4.78 is 4.24. The average Bonchev–Trinajstić information content (AvgIpc) is 2.56. The molecule has 0 N–H and O–H groups in total. The SMILES string of the molecule is Cc1nsc(N(CCCCl)C2CCC2)n1. The monoisotopic (exact) mass is 245 g/mol. The molecule has 1 aromatic heterocycles. The normalized spacial score (nSPS) is 16.4. The van der Waals surface area contributed by atoms with E-state index in [4.69, 9.17) is 11.6 Å². The summed E-state index contributed by atoms with van der Waals surface area (Å²) in [6, 6.07) is 0.681. The van der Waals surface area contributed by atoms with Crippen molar-refractivity contribution in [1.82, 2.24) is 9.36 Å². The summed E-state index contributed by atoms with van der Waals surface area (Å²) in [5.74, 6) is 1.60. The van der Waals surface area contributed by atoms with Crippen molar-refractivity contribution < 1.29 is 0 Å². The smallest absolute Gasteiger partial charge is 0.205 e. The third-order valence-electron chi connectivity index (χ3n) is 2.81. The van der Waals surface area contributed by atoms with E-state index >= 15 is 0 Å². The molecule has 1 aliphatic rings.